The van der Waals surface area contributed by atoms with E-state index in [1.807, 2.05) is 17.3 Å². The van der Waals surface area contributed by atoms with Gasteiger partial charge in [0.25, 0.3) is 0 Å². The standard InChI is InChI=1S/C14H13Cl2NOS/c1-17(7-10-4-5-19-9-10)8-14(18)12-3-2-11(15)6-13(12)16/h2-6,9H,7-8H2,1H3. The first kappa shape index (κ1) is 14.5. The van der Waals surface area contributed by atoms with E-state index in [-0.39, 0.29) is 5.78 Å². The molecule has 2 rings (SSSR count). The zero-order chi connectivity index (χ0) is 13.8. The van der Waals surface area contributed by atoms with Gasteiger partial charge in [0.1, 0.15) is 0 Å². The summed E-state index contributed by atoms with van der Waals surface area (Å²) in [7, 11) is 1.92. The molecule has 19 heavy (non-hydrogen) atoms. The van der Waals surface area contributed by atoms with Crippen molar-refractivity contribution >= 4 is 40.3 Å². The lowest BCUT2D eigenvalue weighted by Gasteiger charge is -2.15. The maximum absolute atomic E-state index is 12.1. The number of thiophene rings is 1. The largest absolute Gasteiger partial charge is 0.295 e. The fourth-order valence-corrected chi connectivity index (χ4v) is 2.97. The van der Waals surface area contributed by atoms with Gasteiger partial charge in [0, 0.05) is 17.1 Å². The number of carbonyl (C=O) groups is 1. The Balaban J connectivity index is 2.00. The highest BCUT2D eigenvalue weighted by atomic mass is 35.5. The minimum Gasteiger partial charge on any atom is -0.295 e. The zero-order valence-corrected chi connectivity index (χ0v) is 12.7. The third-order valence-corrected chi connectivity index (χ3v) is 3.96. The SMILES string of the molecule is CN(CC(=O)c1ccc(Cl)cc1Cl)Cc1ccsc1. The molecule has 0 atom stereocenters. The first-order chi connectivity index (χ1) is 9.06. The fourth-order valence-electron chi connectivity index (χ4n) is 1.80. The Morgan fingerprint density at radius 3 is 2.74 bits per heavy atom. The molecule has 0 unspecified atom stereocenters. The van der Waals surface area contributed by atoms with Gasteiger partial charge in [-0.25, -0.2) is 0 Å². The van der Waals surface area contributed by atoms with Crippen molar-refractivity contribution in [2.24, 2.45) is 0 Å². The van der Waals surface area contributed by atoms with E-state index in [0.29, 0.717) is 22.2 Å². The molecule has 0 saturated carbocycles. The van der Waals surface area contributed by atoms with Gasteiger partial charge >= 0.3 is 0 Å². The van der Waals surface area contributed by atoms with Crippen LogP contribution in [0.3, 0.4) is 0 Å². The molecule has 0 aliphatic heterocycles. The highest BCUT2D eigenvalue weighted by molar-refractivity contribution is 7.07. The molecule has 2 nitrogen and oxygen atoms in total. The molecule has 1 aromatic heterocycles. The number of Topliss-reactive ketones (excluding diaryl/α,β-unsaturated/α-hetero) is 1. The molecule has 0 N–H and O–H groups in total. The summed E-state index contributed by atoms with van der Waals surface area (Å²) in [6, 6.07) is 7.00. The predicted molar refractivity (Wildman–Crippen MR) is 81.4 cm³/mol. The van der Waals surface area contributed by atoms with Crippen LogP contribution in [-0.2, 0) is 6.54 Å². The van der Waals surface area contributed by atoms with Gasteiger partial charge in [-0.1, -0.05) is 23.2 Å². The summed E-state index contributed by atoms with van der Waals surface area (Å²) in [5, 5.41) is 5.05. The molecule has 0 aliphatic rings. The monoisotopic (exact) mass is 313 g/mol. The van der Waals surface area contributed by atoms with E-state index in [4.69, 9.17) is 23.2 Å². The maximum Gasteiger partial charge on any atom is 0.178 e. The van der Waals surface area contributed by atoms with Crippen molar-refractivity contribution in [3.8, 4) is 0 Å². The van der Waals surface area contributed by atoms with Crippen molar-refractivity contribution < 1.29 is 4.79 Å². The van der Waals surface area contributed by atoms with Gasteiger partial charge in [-0.2, -0.15) is 11.3 Å². The van der Waals surface area contributed by atoms with Gasteiger partial charge in [-0.15, -0.1) is 0 Å². The highest BCUT2D eigenvalue weighted by Gasteiger charge is 2.13. The minimum absolute atomic E-state index is 0.000559. The number of ketones is 1. The third kappa shape index (κ3) is 4.05. The molecule has 2 aromatic rings. The summed E-state index contributed by atoms with van der Waals surface area (Å²) in [6.45, 7) is 1.08. The zero-order valence-electron chi connectivity index (χ0n) is 10.4. The Morgan fingerprint density at radius 2 is 2.11 bits per heavy atom. The van der Waals surface area contributed by atoms with Crippen LogP contribution in [0.15, 0.2) is 35.0 Å². The topological polar surface area (TPSA) is 20.3 Å². The number of nitrogens with zero attached hydrogens (tertiary/aromatic N) is 1. The molecule has 0 saturated heterocycles. The summed E-state index contributed by atoms with van der Waals surface area (Å²) in [6.07, 6.45) is 0. The molecule has 100 valence electrons. The van der Waals surface area contributed by atoms with Crippen LogP contribution in [-0.4, -0.2) is 24.3 Å². The second-order valence-corrected chi connectivity index (χ2v) is 5.97. The van der Waals surface area contributed by atoms with Gasteiger partial charge in [0.15, 0.2) is 5.78 Å². The van der Waals surface area contributed by atoms with E-state index in [0.717, 1.165) is 6.54 Å². The molecule has 1 heterocycles. The van der Waals surface area contributed by atoms with Crippen LogP contribution >= 0.6 is 34.5 Å². The molecule has 0 bridgehead atoms. The van der Waals surface area contributed by atoms with Gasteiger partial charge < -0.3 is 0 Å². The van der Waals surface area contributed by atoms with Crippen molar-refractivity contribution in [1.82, 2.24) is 4.90 Å². The van der Waals surface area contributed by atoms with Crippen LogP contribution in [0.1, 0.15) is 15.9 Å². The molecule has 0 aliphatic carbocycles. The summed E-state index contributed by atoms with van der Waals surface area (Å²) < 4.78 is 0. The van der Waals surface area contributed by atoms with Crippen molar-refractivity contribution in [3.63, 3.8) is 0 Å². The van der Waals surface area contributed by atoms with Crippen LogP contribution in [0.2, 0.25) is 10.0 Å². The molecular weight excluding hydrogens is 301 g/mol. The first-order valence-electron chi connectivity index (χ1n) is 5.74. The molecule has 1 aromatic carbocycles. The lowest BCUT2D eigenvalue weighted by molar-refractivity contribution is 0.0943. The Hall–Kier alpha value is -0.870. The van der Waals surface area contributed by atoms with Gasteiger partial charge in [-0.05, 0) is 47.6 Å². The lowest BCUT2D eigenvalue weighted by atomic mass is 10.1. The molecule has 0 fully saturated rings. The van der Waals surface area contributed by atoms with E-state index in [2.05, 4.69) is 11.4 Å². The van der Waals surface area contributed by atoms with E-state index < -0.39 is 0 Å². The quantitative estimate of drug-likeness (QED) is 0.764. The number of halogens is 2. The molecular formula is C14H13Cl2NOS. The fraction of sp³-hybridized carbons (Fsp3) is 0.214. The molecule has 0 amide bonds. The second kappa shape index (κ2) is 6.53. The minimum atomic E-state index is -0.000559. The van der Waals surface area contributed by atoms with Gasteiger partial charge in [0.2, 0.25) is 0 Å². The third-order valence-electron chi connectivity index (χ3n) is 2.68. The Labute approximate surface area is 126 Å². The number of likely N-dealkylation sites (N-methyl/N-ethyl adjacent to an activating group) is 1. The number of carbonyl (C=O) groups excluding carboxylic acids is 1. The van der Waals surface area contributed by atoms with E-state index in [1.165, 1.54) is 5.56 Å². The molecule has 0 radical (unpaired) electrons. The first-order valence-corrected chi connectivity index (χ1v) is 7.44. The van der Waals surface area contributed by atoms with Crippen molar-refractivity contribution in [2.45, 2.75) is 6.54 Å². The Morgan fingerprint density at radius 1 is 1.32 bits per heavy atom. The van der Waals surface area contributed by atoms with Crippen LogP contribution < -0.4 is 0 Å². The highest BCUT2D eigenvalue weighted by Crippen LogP contribution is 2.21. The van der Waals surface area contributed by atoms with Crippen molar-refractivity contribution in [1.29, 1.82) is 0 Å². The predicted octanol–water partition coefficient (Wildman–Crippen LogP) is 4.37. The number of rotatable bonds is 5. The number of hydrogen-bond acceptors (Lipinski definition) is 3. The van der Waals surface area contributed by atoms with Crippen molar-refractivity contribution in [3.05, 3.63) is 56.2 Å². The Bertz CT molecular complexity index is 569. The van der Waals surface area contributed by atoms with Gasteiger partial charge in [-0.3, -0.25) is 9.69 Å². The summed E-state index contributed by atoms with van der Waals surface area (Å²) >= 11 is 13.5. The number of benzene rings is 1. The van der Waals surface area contributed by atoms with Crippen LogP contribution in [0.25, 0.3) is 0 Å². The van der Waals surface area contributed by atoms with Crippen molar-refractivity contribution in [2.75, 3.05) is 13.6 Å². The molecule has 0 spiro atoms. The van der Waals surface area contributed by atoms with Crippen LogP contribution in [0, 0.1) is 0 Å². The lowest BCUT2D eigenvalue weighted by Crippen LogP contribution is -2.25. The maximum atomic E-state index is 12.1. The normalized spacial score (nSPS) is 10.9. The average molecular weight is 314 g/mol. The molecule has 5 heteroatoms. The van der Waals surface area contributed by atoms with E-state index in [1.54, 1.807) is 29.5 Å². The smallest absolute Gasteiger partial charge is 0.178 e. The Kier molecular flexibility index (Phi) is 4.99. The number of hydrogen-bond donors (Lipinski definition) is 0. The van der Waals surface area contributed by atoms with Crippen LogP contribution in [0.4, 0.5) is 0 Å². The van der Waals surface area contributed by atoms with Gasteiger partial charge in [0.05, 0.1) is 11.6 Å². The summed E-state index contributed by atoms with van der Waals surface area (Å²) in [5.74, 6) is -0.000559. The summed E-state index contributed by atoms with van der Waals surface area (Å²) in [5.41, 5.74) is 1.73. The second-order valence-electron chi connectivity index (χ2n) is 4.35. The summed E-state index contributed by atoms with van der Waals surface area (Å²) in [4.78, 5) is 14.1. The van der Waals surface area contributed by atoms with E-state index >= 15 is 0 Å². The van der Waals surface area contributed by atoms with Crippen LogP contribution in [0.5, 0.6) is 0 Å². The van der Waals surface area contributed by atoms with E-state index in [9.17, 15) is 4.79 Å². The average Bonchev–Trinajstić information content (AvgIpc) is 2.81.